The number of carbonyl (C=O) groups is 2. The molecule has 122 valence electrons. The summed E-state index contributed by atoms with van der Waals surface area (Å²) in [4.78, 5) is 28.1. The van der Waals surface area contributed by atoms with Gasteiger partial charge in [0.25, 0.3) is 0 Å². The summed E-state index contributed by atoms with van der Waals surface area (Å²) in [5.41, 5.74) is 4.21. The Balaban J connectivity index is 1.37. The normalized spacial score (nSPS) is 15.4. The molecule has 0 saturated carbocycles. The molecule has 0 aromatic heterocycles. The van der Waals surface area contributed by atoms with Crippen molar-refractivity contribution < 1.29 is 9.59 Å². The Kier molecular flexibility index (Phi) is 3.69. The standard InChI is InChI=1S/C19H19N3O2/c23-18-13-15-6-2-4-8-17(15)21(18)12-10-20-19(24)22-11-9-14-5-1-3-7-16(14)22/h1-8H,9-13H2,(H,20,24). The van der Waals surface area contributed by atoms with Crippen molar-refractivity contribution in [1.29, 1.82) is 0 Å². The van der Waals surface area contributed by atoms with Crippen LogP contribution in [0.2, 0.25) is 0 Å². The highest BCUT2D eigenvalue weighted by Gasteiger charge is 2.27. The zero-order chi connectivity index (χ0) is 16.5. The molecule has 2 aliphatic heterocycles. The van der Waals surface area contributed by atoms with Crippen LogP contribution < -0.4 is 15.1 Å². The molecule has 5 nitrogen and oxygen atoms in total. The van der Waals surface area contributed by atoms with Crippen molar-refractivity contribution in [1.82, 2.24) is 5.32 Å². The van der Waals surface area contributed by atoms with Crippen molar-refractivity contribution in [2.45, 2.75) is 12.8 Å². The molecule has 2 aromatic carbocycles. The van der Waals surface area contributed by atoms with Crippen molar-refractivity contribution in [3.05, 3.63) is 59.7 Å². The highest BCUT2D eigenvalue weighted by molar-refractivity contribution is 6.01. The van der Waals surface area contributed by atoms with Gasteiger partial charge in [-0.05, 0) is 29.7 Å². The molecule has 3 amide bonds. The van der Waals surface area contributed by atoms with Crippen LogP contribution in [0.3, 0.4) is 0 Å². The Hall–Kier alpha value is -2.82. The van der Waals surface area contributed by atoms with Crippen molar-refractivity contribution in [2.24, 2.45) is 0 Å². The van der Waals surface area contributed by atoms with E-state index in [1.165, 1.54) is 5.56 Å². The minimum Gasteiger partial charge on any atom is -0.336 e. The fourth-order valence-electron chi connectivity index (χ4n) is 3.48. The van der Waals surface area contributed by atoms with Crippen LogP contribution >= 0.6 is 0 Å². The number of anilines is 2. The molecule has 0 atom stereocenters. The number of urea groups is 1. The van der Waals surface area contributed by atoms with Gasteiger partial charge in [-0.1, -0.05) is 36.4 Å². The molecular formula is C19H19N3O2. The van der Waals surface area contributed by atoms with E-state index in [4.69, 9.17) is 0 Å². The molecule has 2 heterocycles. The average molecular weight is 321 g/mol. The fraction of sp³-hybridized carbons (Fsp3) is 0.263. The summed E-state index contributed by atoms with van der Waals surface area (Å²) in [6, 6.07) is 15.7. The third-order valence-electron chi connectivity index (χ3n) is 4.67. The second-order valence-corrected chi connectivity index (χ2v) is 6.11. The van der Waals surface area contributed by atoms with Crippen LogP contribution in [-0.2, 0) is 17.6 Å². The molecule has 2 aromatic rings. The van der Waals surface area contributed by atoms with Crippen LogP contribution in [0.25, 0.3) is 0 Å². The second-order valence-electron chi connectivity index (χ2n) is 6.11. The molecule has 0 radical (unpaired) electrons. The first-order valence-electron chi connectivity index (χ1n) is 8.25. The van der Waals surface area contributed by atoms with E-state index in [-0.39, 0.29) is 11.9 Å². The Morgan fingerprint density at radius 3 is 2.54 bits per heavy atom. The maximum absolute atomic E-state index is 12.4. The lowest BCUT2D eigenvalue weighted by atomic mass is 10.2. The van der Waals surface area contributed by atoms with Gasteiger partial charge >= 0.3 is 6.03 Å². The molecule has 0 bridgehead atoms. The van der Waals surface area contributed by atoms with Gasteiger partial charge in [0.1, 0.15) is 0 Å². The third kappa shape index (κ3) is 2.52. The van der Waals surface area contributed by atoms with Gasteiger partial charge in [0.15, 0.2) is 0 Å². The highest BCUT2D eigenvalue weighted by Crippen LogP contribution is 2.28. The van der Waals surface area contributed by atoms with Crippen LogP contribution in [0.5, 0.6) is 0 Å². The van der Waals surface area contributed by atoms with Crippen molar-refractivity contribution in [3.8, 4) is 0 Å². The molecule has 0 fully saturated rings. The van der Waals surface area contributed by atoms with E-state index >= 15 is 0 Å². The van der Waals surface area contributed by atoms with Gasteiger partial charge in [-0.3, -0.25) is 9.69 Å². The summed E-state index contributed by atoms with van der Waals surface area (Å²) in [6.07, 6.45) is 1.34. The van der Waals surface area contributed by atoms with E-state index in [0.717, 1.165) is 23.4 Å². The van der Waals surface area contributed by atoms with E-state index in [9.17, 15) is 9.59 Å². The predicted octanol–water partition coefficient (Wildman–Crippen LogP) is 2.35. The quantitative estimate of drug-likeness (QED) is 0.943. The van der Waals surface area contributed by atoms with Crippen molar-refractivity contribution in [3.63, 3.8) is 0 Å². The number of fused-ring (bicyclic) bond motifs is 2. The van der Waals surface area contributed by atoms with Gasteiger partial charge in [0, 0.05) is 31.0 Å². The monoisotopic (exact) mass is 321 g/mol. The molecular weight excluding hydrogens is 302 g/mol. The Bertz CT molecular complexity index is 803. The van der Waals surface area contributed by atoms with Crippen molar-refractivity contribution >= 4 is 23.3 Å². The summed E-state index contributed by atoms with van der Waals surface area (Å²) >= 11 is 0. The summed E-state index contributed by atoms with van der Waals surface area (Å²) in [5, 5.41) is 2.94. The lowest BCUT2D eigenvalue weighted by molar-refractivity contribution is -0.117. The van der Waals surface area contributed by atoms with Crippen LogP contribution in [0.1, 0.15) is 11.1 Å². The summed E-state index contributed by atoms with van der Waals surface area (Å²) in [5.74, 6) is 0.0944. The number of benzene rings is 2. The summed E-state index contributed by atoms with van der Waals surface area (Å²) in [7, 11) is 0. The summed E-state index contributed by atoms with van der Waals surface area (Å²) < 4.78 is 0. The number of hydrogen-bond acceptors (Lipinski definition) is 2. The molecule has 5 heteroatoms. The first-order valence-corrected chi connectivity index (χ1v) is 8.25. The largest absolute Gasteiger partial charge is 0.336 e. The molecule has 0 spiro atoms. The number of nitrogens with one attached hydrogen (secondary N) is 1. The third-order valence-corrected chi connectivity index (χ3v) is 4.67. The van der Waals surface area contributed by atoms with Gasteiger partial charge < -0.3 is 10.2 Å². The summed E-state index contributed by atoms with van der Waals surface area (Å²) in [6.45, 7) is 1.64. The fourth-order valence-corrected chi connectivity index (χ4v) is 3.48. The lowest BCUT2D eigenvalue weighted by Crippen LogP contribution is -2.43. The lowest BCUT2D eigenvalue weighted by Gasteiger charge is -2.21. The number of rotatable bonds is 3. The first-order chi connectivity index (χ1) is 11.7. The predicted molar refractivity (Wildman–Crippen MR) is 93.4 cm³/mol. The first kappa shape index (κ1) is 14.8. The van der Waals surface area contributed by atoms with Crippen LogP contribution in [0.4, 0.5) is 16.2 Å². The molecule has 24 heavy (non-hydrogen) atoms. The highest BCUT2D eigenvalue weighted by atomic mass is 16.2. The van der Waals surface area contributed by atoms with E-state index in [1.807, 2.05) is 42.5 Å². The molecule has 4 rings (SSSR count). The Morgan fingerprint density at radius 1 is 1.00 bits per heavy atom. The van der Waals surface area contributed by atoms with E-state index in [0.29, 0.717) is 26.1 Å². The smallest absolute Gasteiger partial charge is 0.321 e. The van der Waals surface area contributed by atoms with E-state index in [2.05, 4.69) is 11.4 Å². The van der Waals surface area contributed by atoms with Crippen LogP contribution in [-0.4, -0.2) is 31.6 Å². The van der Waals surface area contributed by atoms with Gasteiger partial charge in [-0.15, -0.1) is 0 Å². The molecule has 0 aliphatic carbocycles. The van der Waals surface area contributed by atoms with Gasteiger partial charge in [-0.2, -0.15) is 0 Å². The maximum Gasteiger partial charge on any atom is 0.321 e. The second kappa shape index (κ2) is 6.00. The number of nitrogens with zero attached hydrogens (tertiary/aromatic N) is 2. The van der Waals surface area contributed by atoms with Gasteiger partial charge in [0.05, 0.1) is 6.42 Å². The van der Waals surface area contributed by atoms with Crippen LogP contribution in [0.15, 0.2) is 48.5 Å². The van der Waals surface area contributed by atoms with E-state index in [1.54, 1.807) is 9.80 Å². The Labute approximate surface area is 140 Å². The molecule has 0 saturated heterocycles. The maximum atomic E-state index is 12.4. The topological polar surface area (TPSA) is 52.7 Å². The van der Waals surface area contributed by atoms with Crippen molar-refractivity contribution in [2.75, 3.05) is 29.4 Å². The van der Waals surface area contributed by atoms with Gasteiger partial charge in [0.2, 0.25) is 5.91 Å². The zero-order valence-electron chi connectivity index (χ0n) is 13.4. The molecule has 0 unspecified atom stereocenters. The number of para-hydroxylation sites is 2. The SMILES string of the molecule is O=C1Cc2ccccc2N1CCNC(=O)N1CCc2ccccc21. The zero-order valence-corrected chi connectivity index (χ0v) is 13.4. The number of carbonyl (C=O) groups excluding carboxylic acids is 2. The minimum absolute atomic E-state index is 0.0944. The number of amides is 3. The minimum atomic E-state index is -0.0973. The molecule has 2 aliphatic rings. The molecule has 1 N–H and O–H groups in total. The van der Waals surface area contributed by atoms with E-state index < -0.39 is 0 Å². The van der Waals surface area contributed by atoms with Gasteiger partial charge in [-0.25, -0.2) is 4.79 Å². The van der Waals surface area contributed by atoms with Crippen LogP contribution in [0, 0.1) is 0 Å². The number of hydrogen-bond donors (Lipinski definition) is 1. The average Bonchev–Trinajstić information content (AvgIpc) is 3.16. The Morgan fingerprint density at radius 2 is 1.71 bits per heavy atom.